The Labute approximate surface area is 131 Å². The molecule has 1 aliphatic rings. The first-order chi connectivity index (χ1) is 10.6. The molecule has 0 aromatic heterocycles. The molecular formula is C17H24N2O3. The Morgan fingerprint density at radius 3 is 2.68 bits per heavy atom. The molecule has 120 valence electrons. The number of likely N-dealkylation sites (tertiary alicyclic amines) is 1. The maximum absolute atomic E-state index is 12.3. The highest BCUT2D eigenvalue weighted by atomic mass is 16.5. The van der Waals surface area contributed by atoms with E-state index in [0.717, 1.165) is 24.2 Å². The molecule has 0 aliphatic carbocycles. The van der Waals surface area contributed by atoms with Gasteiger partial charge in [-0.2, -0.15) is 0 Å². The number of methoxy groups -OCH3 is 1. The number of nitrogens with zero attached hydrogens (tertiary/aromatic N) is 1. The van der Waals surface area contributed by atoms with Crippen LogP contribution in [0.3, 0.4) is 0 Å². The van der Waals surface area contributed by atoms with E-state index in [4.69, 9.17) is 4.74 Å². The van der Waals surface area contributed by atoms with Crippen molar-refractivity contribution in [3.63, 3.8) is 0 Å². The third kappa shape index (κ3) is 4.48. The van der Waals surface area contributed by atoms with Crippen molar-refractivity contribution in [1.82, 2.24) is 10.2 Å². The molecule has 1 heterocycles. The van der Waals surface area contributed by atoms with E-state index in [2.05, 4.69) is 5.32 Å². The van der Waals surface area contributed by atoms with E-state index in [0.29, 0.717) is 25.9 Å². The lowest BCUT2D eigenvalue weighted by molar-refractivity contribution is -0.131. The third-order valence-corrected chi connectivity index (χ3v) is 4.02. The Kier molecular flexibility index (Phi) is 5.81. The van der Waals surface area contributed by atoms with E-state index in [1.54, 1.807) is 7.11 Å². The molecule has 5 nitrogen and oxygen atoms in total. The molecule has 0 atom stereocenters. The number of carbonyl (C=O) groups excluding carboxylic acids is 2. The van der Waals surface area contributed by atoms with Gasteiger partial charge in [-0.25, -0.2) is 0 Å². The van der Waals surface area contributed by atoms with Crippen molar-refractivity contribution < 1.29 is 14.3 Å². The van der Waals surface area contributed by atoms with Crippen LogP contribution in [0.5, 0.6) is 5.75 Å². The smallest absolute Gasteiger partial charge is 0.226 e. The zero-order chi connectivity index (χ0) is 15.9. The quantitative estimate of drug-likeness (QED) is 0.901. The van der Waals surface area contributed by atoms with Crippen molar-refractivity contribution in [2.24, 2.45) is 0 Å². The van der Waals surface area contributed by atoms with Crippen molar-refractivity contribution in [2.75, 3.05) is 20.2 Å². The number of ether oxygens (including phenoxy) is 1. The molecule has 2 amide bonds. The fourth-order valence-corrected chi connectivity index (χ4v) is 2.67. The molecule has 1 aromatic rings. The minimum Gasteiger partial charge on any atom is -0.497 e. The SMILES string of the molecule is CCC(=O)NC1CCN(C(=O)Cc2cccc(OC)c2)CC1. The van der Waals surface area contributed by atoms with Gasteiger partial charge in [0.1, 0.15) is 5.75 Å². The number of rotatable bonds is 5. The van der Waals surface area contributed by atoms with Crippen LogP contribution in [0.15, 0.2) is 24.3 Å². The van der Waals surface area contributed by atoms with Crippen LogP contribution >= 0.6 is 0 Å². The molecule has 5 heteroatoms. The van der Waals surface area contributed by atoms with Gasteiger partial charge >= 0.3 is 0 Å². The Hall–Kier alpha value is -2.04. The van der Waals surface area contributed by atoms with Crippen molar-refractivity contribution in [3.8, 4) is 5.75 Å². The zero-order valence-corrected chi connectivity index (χ0v) is 13.3. The van der Waals surface area contributed by atoms with Gasteiger partial charge in [-0.15, -0.1) is 0 Å². The summed E-state index contributed by atoms with van der Waals surface area (Å²) in [6.07, 6.45) is 2.56. The molecule has 0 bridgehead atoms. The Bertz CT molecular complexity index is 522. The molecule has 1 aromatic carbocycles. The first-order valence-corrected chi connectivity index (χ1v) is 7.82. The van der Waals surface area contributed by atoms with Crippen molar-refractivity contribution in [3.05, 3.63) is 29.8 Å². The summed E-state index contributed by atoms with van der Waals surface area (Å²) in [5, 5.41) is 3.00. The van der Waals surface area contributed by atoms with Crippen LogP contribution in [0, 0.1) is 0 Å². The maximum Gasteiger partial charge on any atom is 0.226 e. The van der Waals surface area contributed by atoms with Gasteiger partial charge in [0.25, 0.3) is 0 Å². The molecule has 1 N–H and O–H groups in total. The molecule has 0 spiro atoms. The Morgan fingerprint density at radius 1 is 1.32 bits per heavy atom. The fraction of sp³-hybridized carbons (Fsp3) is 0.529. The number of benzene rings is 1. The topological polar surface area (TPSA) is 58.6 Å². The van der Waals surface area contributed by atoms with Crippen LogP contribution in [-0.4, -0.2) is 43.0 Å². The van der Waals surface area contributed by atoms with Gasteiger partial charge in [0.15, 0.2) is 0 Å². The number of amides is 2. The molecule has 1 aliphatic heterocycles. The van der Waals surface area contributed by atoms with Gasteiger partial charge in [0.05, 0.1) is 13.5 Å². The maximum atomic E-state index is 12.3. The number of hydrogen-bond donors (Lipinski definition) is 1. The molecule has 2 rings (SSSR count). The predicted octanol–water partition coefficient (Wildman–Crippen LogP) is 1.75. The van der Waals surface area contributed by atoms with Crippen LogP contribution < -0.4 is 10.1 Å². The van der Waals surface area contributed by atoms with E-state index in [1.807, 2.05) is 36.1 Å². The molecule has 1 saturated heterocycles. The molecule has 0 radical (unpaired) electrons. The van der Waals surface area contributed by atoms with Gasteiger partial charge < -0.3 is 15.0 Å². The summed E-state index contributed by atoms with van der Waals surface area (Å²) in [6, 6.07) is 7.80. The second-order valence-corrected chi connectivity index (χ2v) is 5.60. The largest absolute Gasteiger partial charge is 0.497 e. The standard InChI is InChI=1S/C17H24N2O3/c1-3-16(20)18-14-7-9-19(10-8-14)17(21)12-13-5-4-6-15(11-13)22-2/h4-6,11,14H,3,7-10,12H2,1-2H3,(H,18,20). The van der Waals surface area contributed by atoms with Crippen LogP contribution in [0.4, 0.5) is 0 Å². The van der Waals surface area contributed by atoms with Crippen LogP contribution in [0.25, 0.3) is 0 Å². The number of piperidine rings is 1. The van der Waals surface area contributed by atoms with Crippen molar-refractivity contribution >= 4 is 11.8 Å². The highest BCUT2D eigenvalue weighted by Crippen LogP contribution is 2.16. The molecule has 0 unspecified atom stereocenters. The number of nitrogens with one attached hydrogen (secondary N) is 1. The van der Waals surface area contributed by atoms with Gasteiger partial charge in [0.2, 0.25) is 11.8 Å². The second-order valence-electron chi connectivity index (χ2n) is 5.60. The Morgan fingerprint density at radius 2 is 2.05 bits per heavy atom. The summed E-state index contributed by atoms with van der Waals surface area (Å²) in [5.74, 6) is 0.987. The molecule has 22 heavy (non-hydrogen) atoms. The van der Waals surface area contributed by atoms with Crippen LogP contribution in [0.1, 0.15) is 31.7 Å². The van der Waals surface area contributed by atoms with Crippen molar-refractivity contribution in [2.45, 2.75) is 38.6 Å². The molecule has 1 fully saturated rings. The number of carbonyl (C=O) groups is 2. The Balaban J connectivity index is 1.83. The fourth-order valence-electron chi connectivity index (χ4n) is 2.67. The summed E-state index contributed by atoms with van der Waals surface area (Å²) in [6.45, 7) is 3.26. The van der Waals surface area contributed by atoms with Gasteiger partial charge in [-0.1, -0.05) is 19.1 Å². The van der Waals surface area contributed by atoms with Crippen molar-refractivity contribution in [1.29, 1.82) is 0 Å². The summed E-state index contributed by atoms with van der Waals surface area (Å²) in [5.41, 5.74) is 0.964. The molecular weight excluding hydrogens is 280 g/mol. The van der Waals surface area contributed by atoms with Gasteiger partial charge in [-0.05, 0) is 30.5 Å². The highest BCUT2D eigenvalue weighted by Gasteiger charge is 2.23. The predicted molar refractivity (Wildman–Crippen MR) is 84.7 cm³/mol. The minimum absolute atomic E-state index is 0.0844. The van der Waals surface area contributed by atoms with Crippen LogP contribution in [0.2, 0.25) is 0 Å². The van der Waals surface area contributed by atoms with E-state index >= 15 is 0 Å². The summed E-state index contributed by atoms with van der Waals surface area (Å²) in [7, 11) is 1.62. The second kappa shape index (κ2) is 7.82. The third-order valence-electron chi connectivity index (χ3n) is 4.02. The monoisotopic (exact) mass is 304 g/mol. The van der Waals surface area contributed by atoms with Crippen LogP contribution in [-0.2, 0) is 16.0 Å². The molecule has 0 saturated carbocycles. The first kappa shape index (κ1) is 16.3. The van der Waals surface area contributed by atoms with E-state index in [-0.39, 0.29) is 17.9 Å². The van der Waals surface area contributed by atoms with Gasteiger partial charge in [0, 0.05) is 25.6 Å². The highest BCUT2D eigenvalue weighted by molar-refractivity contribution is 5.79. The minimum atomic E-state index is 0.0844. The van der Waals surface area contributed by atoms with Gasteiger partial charge in [-0.3, -0.25) is 9.59 Å². The summed E-state index contributed by atoms with van der Waals surface area (Å²) in [4.78, 5) is 25.6. The lowest BCUT2D eigenvalue weighted by Crippen LogP contribution is -2.46. The zero-order valence-electron chi connectivity index (χ0n) is 13.3. The summed E-state index contributed by atoms with van der Waals surface area (Å²) >= 11 is 0. The average molecular weight is 304 g/mol. The average Bonchev–Trinajstić information content (AvgIpc) is 2.55. The van der Waals surface area contributed by atoms with E-state index in [9.17, 15) is 9.59 Å². The lowest BCUT2D eigenvalue weighted by Gasteiger charge is -2.32. The lowest BCUT2D eigenvalue weighted by atomic mass is 10.0. The van der Waals surface area contributed by atoms with E-state index in [1.165, 1.54) is 0 Å². The number of hydrogen-bond acceptors (Lipinski definition) is 3. The van der Waals surface area contributed by atoms with E-state index < -0.39 is 0 Å². The normalized spacial score (nSPS) is 15.5. The first-order valence-electron chi connectivity index (χ1n) is 7.82. The summed E-state index contributed by atoms with van der Waals surface area (Å²) < 4.78 is 5.18.